The molecule has 126 valence electrons. The van der Waals surface area contributed by atoms with E-state index in [9.17, 15) is 15.0 Å². The van der Waals surface area contributed by atoms with Crippen molar-refractivity contribution in [2.75, 3.05) is 0 Å². The molecule has 22 heavy (non-hydrogen) atoms. The molecule has 0 aliphatic carbocycles. The predicted octanol–water partition coefficient (Wildman–Crippen LogP) is 1.47. The summed E-state index contributed by atoms with van der Waals surface area (Å²) in [6, 6.07) is 0. The first-order valence-electron chi connectivity index (χ1n) is 7.60. The largest absolute Gasteiger partial charge is 0.478 e. The van der Waals surface area contributed by atoms with Gasteiger partial charge >= 0.3 is 5.97 Å². The molecule has 1 heterocycles. The van der Waals surface area contributed by atoms with Gasteiger partial charge in [0.1, 0.15) is 6.10 Å². The van der Waals surface area contributed by atoms with Crippen LogP contribution in [0.5, 0.6) is 0 Å². The van der Waals surface area contributed by atoms with Crippen LogP contribution in [0.3, 0.4) is 0 Å². The maximum absolute atomic E-state index is 10.4. The van der Waals surface area contributed by atoms with E-state index in [4.69, 9.17) is 14.6 Å². The summed E-state index contributed by atoms with van der Waals surface area (Å²) in [4.78, 5) is 10.4. The smallest absolute Gasteiger partial charge is 0.328 e. The van der Waals surface area contributed by atoms with Crippen LogP contribution in [0.25, 0.3) is 0 Å². The highest BCUT2D eigenvalue weighted by molar-refractivity contribution is 5.80. The van der Waals surface area contributed by atoms with Crippen LogP contribution in [-0.4, -0.2) is 52.0 Å². The number of aliphatic hydroxyl groups excluding tert-OH is 2. The van der Waals surface area contributed by atoms with Gasteiger partial charge in [0.2, 0.25) is 0 Å². The van der Waals surface area contributed by atoms with Gasteiger partial charge in [-0.3, -0.25) is 0 Å². The highest BCUT2D eigenvalue weighted by Crippen LogP contribution is 2.24. The molecular formula is C16H26O6. The summed E-state index contributed by atoms with van der Waals surface area (Å²) in [7, 11) is 0. The molecule has 6 atom stereocenters. The van der Waals surface area contributed by atoms with Gasteiger partial charge in [0.25, 0.3) is 0 Å². The van der Waals surface area contributed by atoms with Gasteiger partial charge in [-0.05, 0) is 20.3 Å². The zero-order valence-electron chi connectivity index (χ0n) is 13.3. The summed E-state index contributed by atoms with van der Waals surface area (Å²) in [5.74, 6) is -0.926. The molecule has 0 aromatic heterocycles. The number of carboxylic acids is 1. The summed E-state index contributed by atoms with van der Waals surface area (Å²) in [6.07, 6.45) is 4.21. The van der Waals surface area contributed by atoms with Crippen LogP contribution in [0.4, 0.5) is 0 Å². The molecule has 0 radical (unpaired) electrons. The van der Waals surface area contributed by atoms with Crippen LogP contribution >= 0.6 is 0 Å². The van der Waals surface area contributed by atoms with Crippen molar-refractivity contribution in [1.29, 1.82) is 0 Å². The molecule has 0 amide bonds. The van der Waals surface area contributed by atoms with Gasteiger partial charge in [0.05, 0.1) is 18.3 Å². The molecule has 6 nitrogen and oxygen atoms in total. The number of hydrogen-bond acceptors (Lipinski definition) is 5. The molecule has 0 aromatic rings. The third-order valence-electron chi connectivity index (χ3n) is 3.82. The lowest BCUT2D eigenvalue weighted by Crippen LogP contribution is -2.48. The molecule has 0 spiro atoms. The van der Waals surface area contributed by atoms with E-state index in [0.717, 1.165) is 12.5 Å². The Balaban J connectivity index is 2.57. The molecular weight excluding hydrogens is 288 g/mol. The van der Waals surface area contributed by atoms with E-state index in [1.165, 1.54) is 6.08 Å². The monoisotopic (exact) mass is 314 g/mol. The molecule has 1 rings (SSSR count). The zero-order chi connectivity index (χ0) is 16.7. The molecule has 0 saturated carbocycles. The first-order chi connectivity index (χ1) is 10.3. The third-order valence-corrected chi connectivity index (χ3v) is 3.82. The zero-order valence-corrected chi connectivity index (χ0v) is 13.3. The van der Waals surface area contributed by atoms with Crippen molar-refractivity contribution in [3.05, 3.63) is 24.3 Å². The fourth-order valence-electron chi connectivity index (χ4n) is 2.35. The van der Waals surface area contributed by atoms with Gasteiger partial charge in [-0.1, -0.05) is 25.2 Å². The van der Waals surface area contributed by atoms with E-state index in [1.54, 1.807) is 13.0 Å². The van der Waals surface area contributed by atoms with Gasteiger partial charge in [-0.25, -0.2) is 4.79 Å². The normalized spacial score (nSPS) is 32.4. The van der Waals surface area contributed by atoms with E-state index in [1.807, 2.05) is 19.9 Å². The van der Waals surface area contributed by atoms with Crippen molar-refractivity contribution >= 4 is 5.97 Å². The fraction of sp³-hybridized carbons (Fsp3) is 0.688. The molecule has 1 fully saturated rings. The molecule has 3 N–H and O–H groups in total. The van der Waals surface area contributed by atoms with Crippen molar-refractivity contribution in [2.24, 2.45) is 5.92 Å². The number of allylic oxidation sites excluding steroid dienone is 2. The van der Waals surface area contributed by atoms with Gasteiger partial charge in [-0.2, -0.15) is 0 Å². The maximum atomic E-state index is 10.4. The number of ether oxygens (including phenoxy) is 2. The molecule has 0 aromatic carbocycles. The van der Waals surface area contributed by atoms with Crippen LogP contribution in [0, 0.1) is 5.92 Å². The van der Waals surface area contributed by atoms with Crippen molar-refractivity contribution < 1.29 is 29.6 Å². The summed E-state index contributed by atoms with van der Waals surface area (Å²) >= 11 is 0. The Morgan fingerprint density at radius 1 is 1.36 bits per heavy atom. The first kappa shape index (κ1) is 18.8. The fourth-order valence-corrected chi connectivity index (χ4v) is 2.35. The second kappa shape index (κ2) is 9.05. The van der Waals surface area contributed by atoms with Gasteiger partial charge in [0, 0.05) is 18.4 Å². The molecule has 1 aliphatic rings. The highest BCUT2D eigenvalue weighted by atomic mass is 16.7. The number of carboxylic acid groups (broad SMARTS) is 1. The number of aliphatic carboxylic acids is 1. The second-order valence-electron chi connectivity index (χ2n) is 5.58. The summed E-state index contributed by atoms with van der Waals surface area (Å²) in [5, 5.41) is 28.1. The SMILES string of the molecule is CCC(C=CC=CC(=O)O)[C@@H](C)OC1OC(C)[C@H](O)C[C@@H]1O. The first-order valence-corrected chi connectivity index (χ1v) is 7.60. The minimum absolute atomic E-state index is 0.0661. The molecule has 1 saturated heterocycles. The van der Waals surface area contributed by atoms with Crippen LogP contribution in [0.2, 0.25) is 0 Å². The van der Waals surface area contributed by atoms with Crippen molar-refractivity contribution in [2.45, 2.75) is 64.3 Å². The Hall–Kier alpha value is -1.21. The van der Waals surface area contributed by atoms with Gasteiger partial charge < -0.3 is 24.8 Å². The number of carbonyl (C=O) groups is 1. The summed E-state index contributed by atoms with van der Waals surface area (Å²) in [5.41, 5.74) is 0. The molecule has 6 heteroatoms. The Labute approximate surface area is 131 Å². The summed E-state index contributed by atoms with van der Waals surface area (Å²) in [6.45, 7) is 5.62. The van der Waals surface area contributed by atoms with Crippen molar-refractivity contribution in [3.63, 3.8) is 0 Å². The standard InChI is InChI=1S/C16H26O6/c1-4-12(7-5-6-8-15(19)20)10(2)21-16-14(18)9-13(17)11(3)22-16/h5-8,10-14,16-18H,4,9H2,1-3H3,(H,19,20)/t10-,11?,12?,13-,14+,16?/m1/s1. The number of aliphatic hydroxyl groups is 2. The van der Waals surface area contributed by atoms with Crippen molar-refractivity contribution in [1.82, 2.24) is 0 Å². The predicted molar refractivity (Wildman–Crippen MR) is 81.2 cm³/mol. The van der Waals surface area contributed by atoms with Crippen LogP contribution < -0.4 is 0 Å². The second-order valence-corrected chi connectivity index (χ2v) is 5.58. The van der Waals surface area contributed by atoms with E-state index < -0.39 is 24.5 Å². The quantitative estimate of drug-likeness (QED) is 0.486. The van der Waals surface area contributed by atoms with Crippen LogP contribution in [0.15, 0.2) is 24.3 Å². The van der Waals surface area contributed by atoms with E-state index in [0.29, 0.717) is 0 Å². The lowest BCUT2D eigenvalue weighted by molar-refractivity contribution is -0.276. The Morgan fingerprint density at radius 2 is 2.05 bits per heavy atom. The van der Waals surface area contributed by atoms with Crippen LogP contribution in [0.1, 0.15) is 33.6 Å². The Morgan fingerprint density at radius 3 is 2.64 bits per heavy atom. The third kappa shape index (κ3) is 5.88. The van der Waals surface area contributed by atoms with Crippen molar-refractivity contribution in [3.8, 4) is 0 Å². The topological polar surface area (TPSA) is 96.2 Å². The lowest BCUT2D eigenvalue weighted by atomic mass is 9.99. The van der Waals surface area contributed by atoms with E-state index in [-0.39, 0.29) is 24.5 Å². The van der Waals surface area contributed by atoms with Gasteiger partial charge in [-0.15, -0.1) is 0 Å². The minimum Gasteiger partial charge on any atom is -0.478 e. The highest BCUT2D eigenvalue weighted by Gasteiger charge is 2.36. The van der Waals surface area contributed by atoms with E-state index in [2.05, 4.69) is 0 Å². The Bertz CT molecular complexity index is 405. The number of rotatable bonds is 7. The average Bonchev–Trinajstić information content (AvgIpc) is 2.44. The summed E-state index contributed by atoms with van der Waals surface area (Å²) < 4.78 is 11.3. The van der Waals surface area contributed by atoms with E-state index >= 15 is 0 Å². The minimum atomic E-state index is -0.992. The molecule has 3 unspecified atom stereocenters. The lowest BCUT2D eigenvalue weighted by Gasteiger charge is -2.37. The van der Waals surface area contributed by atoms with Gasteiger partial charge in [0.15, 0.2) is 6.29 Å². The number of hydrogen-bond donors (Lipinski definition) is 3. The average molecular weight is 314 g/mol. The van der Waals surface area contributed by atoms with Crippen LogP contribution in [-0.2, 0) is 14.3 Å². The molecule has 0 bridgehead atoms. The Kier molecular flexibility index (Phi) is 7.75. The maximum Gasteiger partial charge on any atom is 0.328 e. The molecule has 1 aliphatic heterocycles.